The lowest BCUT2D eigenvalue weighted by Gasteiger charge is -2.04. The van der Waals surface area contributed by atoms with Gasteiger partial charge in [-0.3, -0.25) is 0 Å². The van der Waals surface area contributed by atoms with Crippen LogP contribution in [0.2, 0.25) is 0 Å². The fraction of sp³-hybridized carbons (Fsp3) is 0.455. The molecule has 0 radical (unpaired) electrons. The highest BCUT2D eigenvalue weighted by atomic mass is 28.2. The van der Waals surface area contributed by atoms with Gasteiger partial charge in [-0.05, 0) is 25.5 Å². The largest absolute Gasteiger partial charge is 0.419 e. The third-order valence-electron chi connectivity index (χ3n) is 1.90. The molecular formula is C11H18OSi. The third-order valence-corrected chi connectivity index (χ3v) is 3.13. The highest BCUT2D eigenvalue weighted by Crippen LogP contribution is 1.99. The molecule has 0 aromatic heterocycles. The van der Waals surface area contributed by atoms with Crippen LogP contribution in [-0.4, -0.2) is 16.4 Å². The summed E-state index contributed by atoms with van der Waals surface area (Å²) < 4.78 is 5.62. The van der Waals surface area contributed by atoms with E-state index in [1.807, 2.05) is 0 Å². The molecule has 0 saturated carbocycles. The van der Waals surface area contributed by atoms with Crippen molar-refractivity contribution in [3.05, 3.63) is 29.3 Å². The quantitative estimate of drug-likeness (QED) is 0.520. The van der Waals surface area contributed by atoms with Gasteiger partial charge in [0.05, 0.1) is 0 Å². The molecule has 1 aromatic rings. The Morgan fingerprint density at radius 2 is 1.77 bits per heavy atom. The first-order valence-corrected chi connectivity index (χ1v) is 6.15. The minimum absolute atomic E-state index is 0.465. The van der Waals surface area contributed by atoms with Crippen LogP contribution in [0, 0.1) is 13.8 Å². The maximum absolute atomic E-state index is 5.62. The van der Waals surface area contributed by atoms with E-state index >= 15 is 0 Å². The molecule has 0 N–H and O–H groups in total. The summed E-state index contributed by atoms with van der Waals surface area (Å²) in [5.41, 5.74) is 2.70. The summed E-state index contributed by atoms with van der Waals surface area (Å²) in [4.78, 5) is 0. The van der Waals surface area contributed by atoms with Crippen molar-refractivity contribution in [2.45, 2.75) is 27.2 Å². The molecule has 1 nitrogen and oxygen atoms in total. The standard InChI is InChI=1S/C11H18OSi/c1-4-5-12-13-11-7-9(2)6-10(3)8-11/h6-8H,4-5,13H2,1-3H3. The maximum atomic E-state index is 5.62. The van der Waals surface area contributed by atoms with E-state index in [0.29, 0.717) is 0 Å². The Morgan fingerprint density at radius 1 is 1.15 bits per heavy atom. The van der Waals surface area contributed by atoms with E-state index in [9.17, 15) is 0 Å². The first-order valence-electron chi connectivity index (χ1n) is 4.87. The summed E-state index contributed by atoms with van der Waals surface area (Å²) in [5.74, 6) is 0. The van der Waals surface area contributed by atoms with E-state index in [1.54, 1.807) is 0 Å². The van der Waals surface area contributed by atoms with Crippen molar-refractivity contribution in [2.24, 2.45) is 0 Å². The highest BCUT2D eigenvalue weighted by molar-refractivity contribution is 6.46. The predicted molar refractivity (Wildman–Crippen MR) is 60.3 cm³/mol. The second-order valence-electron chi connectivity index (χ2n) is 3.55. The van der Waals surface area contributed by atoms with Crippen LogP contribution in [0.15, 0.2) is 18.2 Å². The predicted octanol–water partition coefficient (Wildman–Crippen LogP) is 1.44. The van der Waals surface area contributed by atoms with Gasteiger partial charge in [-0.25, -0.2) is 0 Å². The monoisotopic (exact) mass is 194 g/mol. The number of hydrogen-bond donors (Lipinski definition) is 0. The molecule has 0 amide bonds. The minimum atomic E-state index is -0.465. The smallest absolute Gasteiger partial charge is 0.192 e. The molecule has 0 saturated heterocycles. The number of aryl methyl sites for hydroxylation is 2. The lowest BCUT2D eigenvalue weighted by Crippen LogP contribution is -2.18. The molecule has 0 fully saturated rings. The normalized spacial score (nSPS) is 11.3. The van der Waals surface area contributed by atoms with Gasteiger partial charge in [0.15, 0.2) is 9.76 Å². The average Bonchev–Trinajstić information content (AvgIpc) is 2.03. The van der Waals surface area contributed by atoms with Gasteiger partial charge < -0.3 is 4.43 Å². The Kier molecular flexibility index (Phi) is 4.19. The van der Waals surface area contributed by atoms with Gasteiger partial charge in [0.25, 0.3) is 0 Å². The van der Waals surface area contributed by atoms with Crippen LogP contribution in [0.4, 0.5) is 0 Å². The zero-order valence-electron chi connectivity index (χ0n) is 8.76. The second-order valence-corrected chi connectivity index (χ2v) is 5.06. The maximum Gasteiger partial charge on any atom is 0.192 e. The Morgan fingerprint density at radius 3 is 2.31 bits per heavy atom. The molecule has 13 heavy (non-hydrogen) atoms. The fourth-order valence-electron chi connectivity index (χ4n) is 1.49. The van der Waals surface area contributed by atoms with E-state index in [1.165, 1.54) is 16.3 Å². The Labute approximate surface area is 83.1 Å². The Bertz CT molecular complexity index is 251. The molecule has 1 rings (SSSR count). The van der Waals surface area contributed by atoms with Gasteiger partial charge >= 0.3 is 0 Å². The van der Waals surface area contributed by atoms with Crippen LogP contribution in [0.3, 0.4) is 0 Å². The molecule has 0 unspecified atom stereocenters. The van der Waals surface area contributed by atoms with E-state index < -0.39 is 9.76 Å². The molecule has 2 heteroatoms. The van der Waals surface area contributed by atoms with Crippen LogP contribution in [0.1, 0.15) is 24.5 Å². The van der Waals surface area contributed by atoms with Crippen molar-refractivity contribution in [1.29, 1.82) is 0 Å². The molecule has 0 heterocycles. The third kappa shape index (κ3) is 3.74. The lowest BCUT2D eigenvalue weighted by atomic mass is 10.2. The highest BCUT2D eigenvalue weighted by Gasteiger charge is 1.96. The average molecular weight is 194 g/mol. The molecule has 1 aromatic carbocycles. The Balaban J connectivity index is 2.56. The second kappa shape index (κ2) is 5.20. The first-order chi connectivity index (χ1) is 6.22. The summed E-state index contributed by atoms with van der Waals surface area (Å²) in [6, 6.07) is 6.70. The molecular weight excluding hydrogens is 176 g/mol. The van der Waals surface area contributed by atoms with Gasteiger partial charge in [0.1, 0.15) is 0 Å². The van der Waals surface area contributed by atoms with Crippen LogP contribution in [0.25, 0.3) is 0 Å². The van der Waals surface area contributed by atoms with Crippen LogP contribution >= 0.6 is 0 Å². The van der Waals surface area contributed by atoms with Gasteiger partial charge in [0, 0.05) is 6.61 Å². The molecule has 0 bridgehead atoms. The molecule has 0 spiro atoms. The van der Waals surface area contributed by atoms with Crippen molar-refractivity contribution in [3.8, 4) is 0 Å². The first kappa shape index (κ1) is 10.5. The Hall–Kier alpha value is -0.603. The summed E-state index contributed by atoms with van der Waals surface area (Å²) in [6.07, 6.45) is 1.12. The molecule has 72 valence electrons. The van der Waals surface area contributed by atoms with Crippen LogP contribution in [0.5, 0.6) is 0 Å². The molecule has 0 aliphatic carbocycles. The van der Waals surface area contributed by atoms with Crippen molar-refractivity contribution in [1.82, 2.24) is 0 Å². The number of rotatable bonds is 4. The minimum Gasteiger partial charge on any atom is -0.419 e. The molecule has 0 aliphatic heterocycles. The summed E-state index contributed by atoms with van der Waals surface area (Å²) >= 11 is 0. The van der Waals surface area contributed by atoms with Gasteiger partial charge in [-0.15, -0.1) is 0 Å². The molecule has 0 atom stereocenters. The van der Waals surface area contributed by atoms with Gasteiger partial charge in [0.2, 0.25) is 0 Å². The zero-order valence-corrected chi connectivity index (χ0v) is 10.2. The topological polar surface area (TPSA) is 9.23 Å². The number of hydrogen-bond acceptors (Lipinski definition) is 1. The zero-order chi connectivity index (χ0) is 9.68. The van der Waals surface area contributed by atoms with Crippen molar-refractivity contribution in [3.63, 3.8) is 0 Å². The summed E-state index contributed by atoms with van der Waals surface area (Å²) in [6.45, 7) is 7.35. The molecule has 0 aliphatic rings. The summed E-state index contributed by atoms with van der Waals surface area (Å²) in [7, 11) is -0.465. The van der Waals surface area contributed by atoms with E-state index in [2.05, 4.69) is 39.0 Å². The van der Waals surface area contributed by atoms with Crippen LogP contribution < -0.4 is 5.19 Å². The van der Waals surface area contributed by atoms with Gasteiger partial charge in [-0.1, -0.05) is 36.2 Å². The lowest BCUT2D eigenvalue weighted by molar-refractivity contribution is 0.341. The van der Waals surface area contributed by atoms with E-state index in [4.69, 9.17) is 4.43 Å². The van der Waals surface area contributed by atoms with Crippen molar-refractivity contribution < 1.29 is 4.43 Å². The SMILES string of the molecule is CCCO[SiH2]c1cc(C)cc(C)c1. The fourth-order valence-corrected chi connectivity index (χ4v) is 2.97. The summed E-state index contributed by atoms with van der Waals surface area (Å²) in [5, 5.41) is 1.42. The van der Waals surface area contributed by atoms with Crippen LogP contribution in [-0.2, 0) is 4.43 Å². The number of benzene rings is 1. The van der Waals surface area contributed by atoms with E-state index in [0.717, 1.165) is 13.0 Å². The van der Waals surface area contributed by atoms with Gasteiger partial charge in [-0.2, -0.15) is 0 Å². The van der Waals surface area contributed by atoms with Crippen molar-refractivity contribution >= 4 is 14.9 Å². The van der Waals surface area contributed by atoms with E-state index in [-0.39, 0.29) is 0 Å². The van der Waals surface area contributed by atoms with Crippen molar-refractivity contribution in [2.75, 3.05) is 6.61 Å².